The van der Waals surface area contributed by atoms with Crippen LogP contribution in [-0.2, 0) is 14.3 Å². The van der Waals surface area contributed by atoms with E-state index in [1.165, 1.54) is 6.08 Å². The maximum atomic E-state index is 11.7. The van der Waals surface area contributed by atoms with Crippen LogP contribution in [0.25, 0.3) is 0 Å². The molecule has 0 spiro atoms. The van der Waals surface area contributed by atoms with Gasteiger partial charge in [-0.2, -0.15) is 0 Å². The molecule has 0 radical (unpaired) electrons. The summed E-state index contributed by atoms with van der Waals surface area (Å²) in [5.41, 5.74) is -0.411. The number of carbonyl (C=O) groups excluding carboxylic acids is 1. The van der Waals surface area contributed by atoms with Crippen LogP contribution in [0, 0.1) is 17.3 Å². The molecular weight excluding hydrogens is 234 g/mol. The van der Waals surface area contributed by atoms with Gasteiger partial charge in [0.25, 0.3) is 6.43 Å². The molecule has 0 amide bonds. The molecule has 0 bridgehead atoms. The van der Waals surface area contributed by atoms with Gasteiger partial charge in [-0.05, 0) is 11.3 Å². The van der Waals surface area contributed by atoms with Crippen molar-refractivity contribution in [3.05, 3.63) is 12.2 Å². The van der Waals surface area contributed by atoms with Crippen molar-refractivity contribution in [3.8, 4) is 0 Å². The van der Waals surface area contributed by atoms with Crippen molar-refractivity contribution >= 4 is 11.9 Å². The number of carboxylic acid groups (broad SMARTS) is 1. The van der Waals surface area contributed by atoms with Crippen molar-refractivity contribution in [2.75, 3.05) is 6.61 Å². The Kier molecular flexibility index (Phi) is 3.85. The number of alkyl halides is 2. The van der Waals surface area contributed by atoms with Gasteiger partial charge in [0.15, 0.2) is 6.61 Å². The van der Waals surface area contributed by atoms with Crippen LogP contribution in [-0.4, -0.2) is 30.1 Å². The maximum Gasteiger partial charge on any atom is 0.330 e. The molecule has 1 N–H and O–H groups in total. The summed E-state index contributed by atoms with van der Waals surface area (Å²) in [5, 5.41) is 8.85. The fourth-order valence-electron chi connectivity index (χ4n) is 1.88. The van der Waals surface area contributed by atoms with E-state index in [4.69, 9.17) is 5.11 Å². The van der Waals surface area contributed by atoms with E-state index in [-0.39, 0.29) is 5.92 Å². The van der Waals surface area contributed by atoms with Gasteiger partial charge in [-0.15, -0.1) is 0 Å². The lowest BCUT2D eigenvalue weighted by Gasteiger charge is -1.99. The van der Waals surface area contributed by atoms with Crippen LogP contribution >= 0.6 is 0 Å². The van der Waals surface area contributed by atoms with E-state index < -0.39 is 36.3 Å². The number of hydrogen-bond acceptors (Lipinski definition) is 3. The molecule has 1 aliphatic carbocycles. The Morgan fingerprint density at radius 3 is 2.47 bits per heavy atom. The minimum Gasteiger partial charge on any atom is -0.481 e. The molecule has 0 aromatic rings. The lowest BCUT2D eigenvalue weighted by Crippen LogP contribution is -2.09. The SMILES string of the molecule is CC1(C)C(/C=C/C(=O)OCC(F)F)C1C(=O)O. The Hall–Kier alpha value is -1.46. The highest BCUT2D eigenvalue weighted by molar-refractivity contribution is 5.83. The van der Waals surface area contributed by atoms with Gasteiger partial charge in [0.1, 0.15) is 0 Å². The first-order chi connectivity index (χ1) is 7.76. The molecule has 0 aromatic heterocycles. The van der Waals surface area contributed by atoms with Crippen molar-refractivity contribution in [1.82, 2.24) is 0 Å². The second kappa shape index (κ2) is 4.81. The highest BCUT2D eigenvalue weighted by Crippen LogP contribution is 2.58. The van der Waals surface area contributed by atoms with Crippen molar-refractivity contribution in [1.29, 1.82) is 0 Å². The molecule has 0 aliphatic heterocycles. The van der Waals surface area contributed by atoms with E-state index in [0.29, 0.717) is 0 Å². The molecular formula is C11H14F2O4. The molecule has 0 saturated heterocycles. The van der Waals surface area contributed by atoms with Gasteiger partial charge < -0.3 is 9.84 Å². The Morgan fingerprint density at radius 2 is 2.06 bits per heavy atom. The average molecular weight is 248 g/mol. The summed E-state index contributed by atoms with van der Waals surface area (Å²) < 4.78 is 27.7. The molecule has 1 fully saturated rings. The van der Waals surface area contributed by atoms with Gasteiger partial charge in [0.05, 0.1) is 5.92 Å². The van der Waals surface area contributed by atoms with Gasteiger partial charge in [-0.25, -0.2) is 13.6 Å². The lowest BCUT2D eigenvalue weighted by molar-refractivity contribution is -0.142. The van der Waals surface area contributed by atoms with Crippen LogP contribution in [0.1, 0.15) is 13.8 Å². The number of hydrogen-bond donors (Lipinski definition) is 1. The molecule has 0 aromatic carbocycles. The molecule has 17 heavy (non-hydrogen) atoms. The zero-order chi connectivity index (χ0) is 13.2. The number of carbonyl (C=O) groups is 2. The second-order valence-corrected chi connectivity index (χ2v) is 4.54. The van der Waals surface area contributed by atoms with Crippen molar-refractivity contribution in [2.24, 2.45) is 17.3 Å². The highest BCUT2D eigenvalue weighted by Gasteiger charge is 2.60. The van der Waals surface area contributed by atoms with Crippen LogP contribution in [0.3, 0.4) is 0 Å². The topological polar surface area (TPSA) is 63.6 Å². The average Bonchev–Trinajstić information content (AvgIpc) is 2.74. The van der Waals surface area contributed by atoms with Crippen molar-refractivity contribution in [3.63, 3.8) is 0 Å². The Morgan fingerprint density at radius 1 is 1.47 bits per heavy atom. The quantitative estimate of drug-likeness (QED) is 0.594. The molecule has 96 valence electrons. The zero-order valence-electron chi connectivity index (χ0n) is 9.52. The Balaban J connectivity index is 2.45. The number of esters is 1. The number of carboxylic acids is 1. The summed E-state index contributed by atoms with van der Waals surface area (Å²) in [4.78, 5) is 21.8. The van der Waals surface area contributed by atoms with E-state index in [9.17, 15) is 18.4 Å². The van der Waals surface area contributed by atoms with Crippen molar-refractivity contribution < 1.29 is 28.2 Å². The highest BCUT2D eigenvalue weighted by atomic mass is 19.3. The van der Waals surface area contributed by atoms with Crippen LogP contribution < -0.4 is 0 Å². The van der Waals surface area contributed by atoms with Crippen LogP contribution in [0.2, 0.25) is 0 Å². The zero-order valence-corrected chi connectivity index (χ0v) is 9.52. The van der Waals surface area contributed by atoms with E-state index in [2.05, 4.69) is 4.74 Å². The second-order valence-electron chi connectivity index (χ2n) is 4.54. The molecule has 1 rings (SSSR count). The van der Waals surface area contributed by atoms with Gasteiger partial charge in [-0.1, -0.05) is 19.9 Å². The summed E-state index contributed by atoms with van der Waals surface area (Å²) in [6.45, 7) is 2.59. The molecule has 0 heterocycles. The summed E-state index contributed by atoms with van der Waals surface area (Å²) in [6, 6.07) is 0. The molecule has 6 heteroatoms. The van der Waals surface area contributed by atoms with Crippen LogP contribution in [0.15, 0.2) is 12.2 Å². The first-order valence-corrected chi connectivity index (χ1v) is 5.12. The minimum atomic E-state index is -2.70. The van der Waals surface area contributed by atoms with E-state index in [1.54, 1.807) is 13.8 Å². The van der Waals surface area contributed by atoms with Crippen LogP contribution in [0.5, 0.6) is 0 Å². The summed E-state index contributed by atoms with van der Waals surface area (Å²) >= 11 is 0. The predicted molar refractivity (Wildman–Crippen MR) is 54.5 cm³/mol. The summed E-state index contributed by atoms with van der Waals surface area (Å²) in [5.74, 6) is -2.61. The van der Waals surface area contributed by atoms with Gasteiger partial charge >= 0.3 is 11.9 Å². The van der Waals surface area contributed by atoms with E-state index in [1.807, 2.05) is 0 Å². The third-order valence-electron chi connectivity index (χ3n) is 2.97. The number of ether oxygens (including phenoxy) is 1. The fraction of sp³-hybridized carbons (Fsp3) is 0.636. The van der Waals surface area contributed by atoms with Gasteiger partial charge in [0.2, 0.25) is 0 Å². The first kappa shape index (κ1) is 13.6. The Bertz CT molecular complexity index is 349. The van der Waals surface area contributed by atoms with E-state index >= 15 is 0 Å². The summed E-state index contributed by atoms with van der Waals surface area (Å²) in [6.07, 6.45) is -0.277. The standard InChI is InChI=1S/C11H14F2O4/c1-11(2)6(9(11)10(15)16)3-4-8(14)17-5-7(12)13/h3-4,6-7,9H,5H2,1-2H3,(H,15,16)/b4-3+. The first-order valence-electron chi connectivity index (χ1n) is 5.12. The fourth-order valence-corrected chi connectivity index (χ4v) is 1.88. The molecule has 1 aliphatic rings. The lowest BCUT2D eigenvalue weighted by atomic mass is 10.1. The minimum absolute atomic E-state index is 0.265. The summed E-state index contributed by atoms with van der Waals surface area (Å²) in [7, 11) is 0. The predicted octanol–water partition coefficient (Wildman–Crippen LogP) is 1.71. The molecule has 1 saturated carbocycles. The molecule has 2 atom stereocenters. The van der Waals surface area contributed by atoms with E-state index in [0.717, 1.165) is 6.08 Å². The molecule has 2 unspecified atom stereocenters. The number of aliphatic carboxylic acids is 1. The third kappa shape index (κ3) is 3.25. The van der Waals surface area contributed by atoms with Crippen LogP contribution in [0.4, 0.5) is 8.78 Å². The molecule has 4 nitrogen and oxygen atoms in total. The van der Waals surface area contributed by atoms with Crippen molar-refractivity contribution in [2.45, 2.75) is 20.3 Å². The van der Waals surface area contributed by atoms with Gasteiger partial charge in [0, 0.05) is 6.08 Å². The normalized spacial score (nSPS) is 26.2. The number of halogens is 2. The monoisotopic (exact) mass is 248 g/mol. The largest absolute Gasteiger partial charge is 0.481 e. The number of allylic oxidation sites excluding steroid dienone is 1. The third-order valence-corrected chi connectivity index (χ3v) is 2.97. The number of rotatable bonds is 5. The van der Waals surface area contributed by atoms with Gasteiger partial charge in [-0.3, -0.25) is 4.79 Å². The smallest absolute Gasteiger partial charge is 0.330 e. The maximum absolute atomic E-state index is 11.7. The Labute approximate surface area is 97.3 Å².